The summed E-state index contributed by atoms with van der Waals surface area (Å²) in [6, 6.07) is 7.25. The van der Waals surface area contributed by atoms with E-state index in [1.165, 1.54) is 38.3 Å². The predicted octanol–water partition coefficient (Wildman–Crippen LogP) is 5.38. The van der Waals surface area contributed by atoms with Crippen LogP contribution >= 0.6 is 33.9 Å². The number of aryl methyl sites for hydroxylation is 1. The van der Waals surface area contributed by atoms with Crippen LogP contribution in [0, 0.1) is 8.70 Å². The zero-order chi connectivity index (χ0) is 14.8. The first kappa shape index (κ1) is 15.1. The second-order valence-electron chi connectivity index (χ2n) is 5.09. The zero-order valence-corrected chi connectivity index (χ0v) is 14.8. The van der Waals surface area contributed by atoms with Gasteiger partial charge in [0.25, 0.3) is 0 Å². The van der Waals surface area contributed by atoms with Crippen molar-refractivity contribution in [2.24, 2.45) is 0 Å². The van der Waals surface area contributed by atoms with Crippen LogP contribution in [0.25, 0.3) is 0 Å². The molecule has 2 aromatic rings. The van der Waals surface area contributed by atoms with Gasteiger partial charge in [-0.1, -0.05) is 0 Å². The van der Waals surface area contributed by atoms with Crippen LogP contribution < -0.4 is 10.1 Å². The highest BCUT2D eigenvalue weighted by atomic mass is 127. The molecule has 112 valence electrons. The van der Waals surface area contributed by atoms with Gasteiger partial charge in [-0.15, -0.1) is 11.3 Å². The first-order valence-electron chi connectivity index (χ1n) is 7.14. The number of nitrogens with one attached hydrogen (secondary N) is 1. The van der Waals surface area contributed by atoms with Crippen LogP contribution in [-0.2, 0) is 6.42 Å². The summed E-state index contributed by atoms with van der Waals surface area (Å²) in [5.74, 6) is 0.327. The molecule has 5 heteroatoms. The van der Waals surface area contributed by atoms with Gasteiger partial charge in [0, 0.05) is 10.9 Å². The van der Waals surface area contributed by atoms with Crippen molar-refractivity contribution in [3.05, 3.63) is 43.4 Å². The van der Waals surface area contributed by atoms with Crippen molar-refractivity contribution in [3.63, 3.8) is 0 Å². The van der Waals surface area contributed by atoms with Crippen molar-refractivity contribution < 1.29 is 9.13 Å². The van der Waals surface area contributed by atoms with Crippen LogP contribution in [0.1, 0.15) is 36.2 Å². The number of benzene rings is 1. The molecular weight excluding hydrogens is 400 g/mol. The Kier molecular flexibility index (Phi) is 4.69. The number of rotatable bonds is 4. The highest BCUT2D eigenvalue weighted by Gasteiger charge is 2.23. The van der Waals surface area contributed by atoms with Gasteiger partial charge >= 0.3 is 0 Å². The quantitative estimate of drug-likeness (QED) is 0.675. The van der Waals surface area contributed by atoms with Gasteiger partial charge in [-0.05, 0) is 72.5 Å². The fourth-order valence-corrected chi connectivity index (χ4v) is 4.87. The Bertz CT molecular complexity index is 643. The summed E-state index contributed by atoms with van der Waals surface area (Å²) in [6.45, 7) is 2.44. The van der Waals surface area contributed by atoms with E-state index >= 15 is 0 Å². The van der Waals surface area contributed by atoms with Crippen molar-refractivity contribution in [2.75, 3.05) is 11.9 Å². The monoisotopic (exact) mass is 417 g/mol. The van der Waals surface area contributed by atoms with Gasteiger partial charge in [-0.25, -0.2) is 4.39 Å². The highest BCUT2D eigenvalue weighted by molar-refractivity contribution is 14.1. The van der Waals surface area contributed by atoms with Crippen molar-refractivity contribution >= 4 is 39.6 Å². The molecular formula is C16H17FINOS. The first-order chi connectivity index (χ1) is 10.2. The Morgan fingerprint density at radius 1 is 1.43 bits per heavy atom. The molecule has 0 aliphatic heterocycles. The van der Waals surface area contributed by atoms with Gasteiger partial charge in [0.1, 0.15) is 11.6 Å². The molecule has 1 atom stereocenters. The molecule has 1 aliphatic rings. The summed E-state index contributed by atoms with van der Waals surface area (Å²) >= 11 is 4.26. The molecule has 1 unspecified atom stereocenters. The Morgan fingerprint density at radius 2 is 2.29 bits per heavy atom. The van der Waals surface area contributed by atoms with Gasteiger partial charge in [-0.2, -0.15) is 0 Å². The lowest BCUT2D eigenvalue weighted by molar-refractivity contribution is 0.339. The predicted molar refractivity (Wildman–Crippen MR) is 93.9 cm³/mol. The number of hydrogen-bond acceptors (Lipinski definition) is 3. The molecule has 1 aromatic heterocycles. The fourth-order valence-electron chi connectivity index (χ4n) is 2.75. The number of anilines is 1. The van der Waals surface area contributed by atoms with Crippen molar-refractivity contribution in [2.45, 2.75) is 32.2 Å². The smallest absolute Gasteiger partial charge is 0.145 e. The number of thiophene rings is 1. The lowest BCUT2D eigenvalue weighted by atomic mass is 9.94. The maximum atomic E-state index is 13.4. The maximum Gasteiger partial charge on any atom is 0.145 e. The first-order valence-corrected chi connectivity index (χ1v) is 9.04. The normalized spacial score (nSPS) is 17.4. The largest absolute Gasteiger partial charge is 0.492 e. The van der Waals surface area contributed by atoms with E-state index in [0.29, 0.717) is 12.4 Å². The van der Waals surface area contributed by atoms with Crippen LogP contribution in [0.15, 0.2) is 24.3 Å². The van der Waals surface area contributed by atoms with Gasteiger partial charge < -0.3 is 10.1 Å². The summed E-state index contributed by atoms with van der Waals surface area (Å²) < 4.78 is 20.3. The minimum Gasteiger partial charge on any atom is -0.492 e. The van der Waals surface area contributed by atoms with Crippen LogP contribution in [0.4, 0.5) is 10.1 Å². The van der Waals surface area contributed by atoms with E-state index in [9.17, 15) is 4.39 Å². The molecule has 1 heterocycles. The van der Waals surface area contributed by atoms with Gasteiger partial charge in [0.05, 0.1) is 21.2 Å². The van der Waals surface area contributed by atoms with Gasteiger partial charge in [-0.3, -0.25) is 0 Å². The van der Waals surface area contributed by atoms with E-state index in [1.54, 1.807) is 6.07 Å². The SMILES string of the molecule is CCOc1cc(F)ccc1NC1CCCc2sc(I)cc21. The van der Waals surface area contributed by atoms with Crippen molar-refractivity contribution in [1.29, 1.82) is 0 Å². The third-order valence-electron chi connectivity index (χ3n) is 3.66. The second-order valence-corrected chi connectivity index (χ2v) is 8.12. The molecule has 1 N–H and O–H groups in total. The van der Waals surface area contributed by atoms with Crippen molar-refractivity contribution in [1.82, 2.24) is 0 Å². The topological polar surface area (TPSA) is 21.3 Å². The Hall–Kier alpha value is -0.820. The van der Waals surface area contributed by atoms with Gasteiger partial charge in [0.15, 0.2) is 0 Å². The minimum atomic E-state index is -0.265. The molecule has 0 radical (unpaired) electrons. The average molecular weight is 417 g/mol. The van der Waals surface area contributed by atoms with E-state index in [2.05, 4.69) is 34.0 Å². The third kappa shape index (κ3) is 3.34. The van der Waals surface area contributed by atoms with Gasteiger partial charge in [0.2, 0.25) is 0 Å². The molecule has 0 fully saturated rings. The summed E-state index contributed by atoms with van der Waals surface area (Å²) in [4.78, 5) is 1.48. The molecule has 0 amide bonds. The number of fused-ring (bicyclic) bond motifs is 1. The lowest BCUT2D eigenvalue weighted by Crippen LogP contribution is -2.16. The Morgan fingerprint density at radius 3 is 3.10 bits per heavy atom. The lowest BCUT2D eigenvalue weighted by Gasteiger charge is -2.25. The highest BCUT2D eigenvalue weighted by Crippen LogP contribution is 2.39. The van der Waals surface area contributed by atoms with Crippen LogP contribution in [0.3, 0.4) is 0 Å². The molecule has 0 bridgehead atoms. The molecule has 3 rings (SSSR count). The third-order valence-corrected chi connectivity index (χ3v) is 5.63. The molecule has 1 aliphatic carbocycles. The van der Waals surface area contributed by atoms with Crippen LogP contribution in [-0.4, -0.2) is 6.61 Å². The maximum absolute atomic E-state index is 13.4. The summed E-state index contributed by atoms with van der Waals surface area (Å²) in [6.07, 6.45) is 3.46. The number of hydrogen-bond donors (Lipinski definition) is 1. The van der Waals surface area contributed by atoms with E-state index in [-0.39, 0.29) is 11.9 Å². The standard InChI is InChI=1S/C16H17FINOS/c1-2-20-14-8-10(17)6-7-13(14)19-12-4-3-5-15-11(12)9-16(18)21-15/h6-9,12,19H,2-5H2,1H3. The van der Waals surface area contributed by atoms with E-state index < -0.39 is 0 Å². The summed E-state index contributed by atoms with van der Waals surface area (Å²) in [7, 11) is 0. The Balaban J connectivity index is 1.87. The van der Waals surface area contributed by atoms with E-state index in [0.717, 1.165) is 12.1 Å². The average Bonchev–Trinajstić information content (AvgIpc) is 2.83. The second kappa shape index (κ2) is 6.52. The number of ether oxygens (including phenoxy) is 1. The molecule has 0 spiro atoms. The van der Waals surface area contributed by atoms with Crippen LogP contribution in [0.5, 0.6) is 5.75 Å². The molecule has 2 nitrogen and oxygen atoms in total. The minimum absolute atomic E-state index is 0.265. The molecule has 21 heavy (non-hydrogen) atoms. The summed E-state index contributed by atoms with van der Waals surface area (Å²) in [5, 5.41) is 3.54. The molecule has 0 saturated carbocycles. The fraction of sp³-hybridized carbons (Fsp3) is 0.375. The summed E-state index contributed by atoms with van der Waals surface area (Å²) in [5.41, 5.74) is 2.26. The number of halogens is 2. The Labute approximate surface area is 141 Å². The van der Waals surface area contributed by atoms with Crippen molar-refractivity contribution in [3.8, 4) is 5.75 Å². The van der Waals surface area contributed by atoms with Crippen LogP contribution in [0.2, 0.25) is 0 Å². The van der Waals surface area contributed by atoms with E-state index in [1.807, 2.05) is 18.3 Å². The molecule has 0 saturated heterocycles. The van der Waals surface area contributed by atoms with E-state index in [4.69, 9.17) is 4.74 Å². The zero-order valence-electron chi connectivity index (χ0n) is 11.8. The molecule has 1 aromatic carbocycles.